The highest BCUT2D eigenvalue weighted by molar-refractivity contribution is 9.10. The Kier molecular flexibility index (Phi) is 2.84. The Morgan fingerprint density at radius 2 is 2.31 bits per heavy atom. The monoisotopic (exact) mass is 275 g/mol. The van der Waals surface area contributed by atoms with Crippen molar-refractivity contribution >= 4 is 22.2 Å². The van der Waals surface area contributed by atoms with Gasteiger partial charge in [0.05, 0.1) is 17.4 Å². The normalized spacial score (nSPS) is 9.75. The topological polar surface area (TPSA) is 58.7 Å². The molecule has 0 aliphatic rings. The predicted octanol–water partition coefficient (Wildman–Crippen LogP) is 2.32. The van der Waals surface area contributed by atoms with Crippen molar-refractivity contribution in [3.05, 3.63) is 46.2 Å². The third-order valence-electron chi connectivity index (χ3n) is 2.07. The Balaban J connectivity index is 2.48. The van der Waals surface area contributed by atoms with Gasteiger partial charge in [-0.15, -0.1) is 0 Å². The molecule has 4 nitrogen and oxygen atoms in total. The molecular weight excluding hydrogens is 270 g/mol. The summed E-state index contributed by atoms with van der Waals surface area (Å²) in [5.74, 6) is 0. The first-order chi connectivity index (χ1) is 7.74. The van der Waals surface area contributed by atoms with Crippen LogP contribution in [0.25, 0.3) is 5.69 Å². The number of aldehydes is 1. The van der Waals surface area contributed by atoms with Crippen LogP contribution in [0.1, 0.15) is 15.9 Å². The lowest BCUT2D eigenvalue weighted by Gasteiger charge is -2.04. The quantitative estimate of drug-likeness (QED) is 0.791. The van der Waals surface area contributed by atoms with Crippen molar-refractivity contribution in [3.8, 4) is 11.8 Å². The second-order valence-electron chi connectivity index (χ2n) is 3.11. The average Bonchev–Trinajstić information content (AvgIpc) is 2.77. The number of rotatable bonds is 2. The summed E-state index contributed by atoms with van der Waals surface area (Å²) in [6, 6.07) is 7.17. The molecule has 1 heterocycles. The molecule has 0 saturated carbocycles. The Bertz CT molecular complexity index is 583. The number of hydrogen-bond acceptors (Lipinski definition) is 3. The van der Waals surface area contributed by atoms with Gasteiger partial charge in [0.1, 0.15) is 12.4 Å². The molecule has 0 aliphatic carbocycles. The second kappa shape index (κ2) is 4.29. The van der Waals surface area contributed by atoms with Crippen LogP contribution in [0, 0.1) is 11.3 Å². The highest BCUT2D eigenvalue weighted by atomic mass is 79.9. The van der Waals surface area contributed by atoms with Crippen molar-refractivity contribution in [1.82, 2.24) is 9.78 Å². The van der Waals surface area contributed by atoms with Crippen LogP contribution < -0.4 is 0 Å². The maximum Gasteiger partial charge on any atom is 0.150 e. The van der Waals surface area contributed by atoms with Crippen molar-refractivity contribution in [1.29, 1.82) is 5.26 Å². The first-order valence-electron chi connectivity index (χ1n) is 4.44. The van der Waals surface area contributed by atoms with E-state index in [1.165, 1.54) is 6.20 Å². The van der Waals surface area contributed by atoms with E-state index in [9.17, 15) is 4.79 Å². The van der Waals surface area contributed by atoms with Crippen molar-refractivity contribution in [2.45, 2.75) is 0 Å². The van der Waals surface area contributed by atoms with Gasteiger partial charge in [-0.05, 0) is 34.1 Å². The van der Waals surface area contributed by atoms with E-state index in [-0.39, 0.29) is 0 Å². The van der Waals surface area contributed by atoms with Gasteiger partial charge < -0.3 is 0 Å². The third kappa shape index (κ3) is 1.88. The summed E-state index contributed by atoms with van der Waals surface area (Å²) >= 11 is 3.35. The molecule has 2 aromatic rings. The second-order valence-corrected chi connectivity index (χ2v) is 3.97. The number of aromatic nitrogens is 2. The minimum absolute atomic E-state index is 0.492. The van der Waals surface area contributed by atoms with Crippen molar-refractivity contribution in [3.63, 3.8) is 0 Å². The summed E-state index contributed by atoms with van der Waals surface area (Å²) in [5.41, 5.74) is 1.86. The zero-order valence-electron chi connectivity index (χ0n) is 8.09. The molecule has 0 amide bonds. The van der Waals surface area contributed by atoms with E-state index < -0.39 is 0 Å². The summed E-state index contributed by atoms with van der Waals surface area (Å²) < 4.78 is 2.33. The van der Waals surface area contributed by atoms with Gasteiger partial charge >= 0.3 is 0 Å². The number of carbonyl (C=O) groups is 1. The fourth-order valence-corrected chi connectivity index (χ4v) is 1.87. The van der Waals surface area contributed by atoms with Gasteiger partial charge in [0.2, 0.25) is 0 Å². The van der Waals surface area contributed by atoms with Gasteiger partial charge in [0.25, 0.3) is 0 Å². The molecule has 0 radical (unpaired) electrons. The molecule has 1 aromatic carbocycles. The summed E-state index contributed by atoms with van der Waals surface area (Å²) in [6.07, 6.45) is 3.89. The Morgan fingerprint density at radius 3 is 2.88 bits per heavy atom. The van der Waals surface area contributed by atoms with E-state index in [1.807, 2.05) is 6.07 Å². The zero-order chi connectivity index (χ0) is 11.5. The molecule has 78 valence electrons. The van der Waals surface area contributed by atoms with Crippen LogP contribution in [0.5, 0.6) is 0 Å². The van der Waals surface area contributed by atoms with Crippen LogP contribution in [0.3, 0.4) is 0 Å². The third-order valence-corrected chi connectivity index (χ3v) is 2.70. The van der Waals surface area contributed by atoms with E-state index in [0.717, 1.165) is 16.4 Å². The van der Waals surface area contributed by atoms with E-state index >= 15 is 0 Å². The first-order valence-corrected chi connectivity index (χ1v) is 5.24. The van der Waals surface area contributed by atoms with Gasteiger partial charge in [-0.25, -0.2) is 4.68 Å². The van der Waals surface area contributed by atoms with Crippen molar-refractivity contribution in [2.24, 2.45) is 0 Å². The number of hydrogen-bond donors (Lipinski definition) is 0. The summed E-state index contributed by atoms with van der Waals surface area (Å²) in [5, 5.41) is 12.7. The SMILES string of the molecule is N#Cc1cnn(-c2ccc(C=O)cc2Br)c1. The smallest absolute Gasteiger partial charge is 0.150 e. The summed E-state index contributed by atoms with van der Waals surface area (Å²) in [6.45, 7) is 0. The van der Waals surface area contributed by atoms with Gasteiger partial charge in [-0.1, -0.05) is 0 Å². The molecule has 0 saturated heterocycles. The van der Waals surface area contributed by atoms with E-state index in [2.05, 4.69) is 21.0 Å². The number of halogens is 1. The van der Waals surface area contributed by atoms with Crippen LogP contribution in [0.15, 0.2) is 35.1 Å². The average molecular weight is 276 g/mol. The molecule has 0 aliphatic heterocycles. The highest BCUT2D eigenvalue weighted by Crippen LogP contribution is 2.21. The first kappa shape index (κ1) is 10.6. The largest absolute Gasteiger partial charge is 0.298 e. The summed E-state index contributed by atoms with van der Waals surface area (Å²) in [7, 11) is 0. The van der Waals surface area contributed by atoms with Crippen LogP contribution >= 0.6 is 15.9 Å². The minimum atomic E-state index is 0.492. The molecular formula is C11H6BrN3O. The molecule has 2 rings (SSSR count). The molecule has 0 spiro atoms. The Hall–Kier alpha value is -1.93. The van der Waals surface area contributed by atoms with Gasteiger partial charge in [0, 0.05) is 16.2 Å². The molecule has 0 fully saturated rings. The number of benzene rings is 1. The number of nitrogens with zero attached hydrogens (tertiary/aromatic N) is 3. The molecule has 0 unspecified atom stereocenters. The van der Waals surface area contributed by atoms with Gasteiger partial charge in [0.15, 0.2) is 0 Å². The highest BCUT2D eigenvalue weighted by Gasteiger charge is 2.05. The lowest BCUT2D eigenvalue weighted by Crippen LogP contribution is -1.96. The molecule has 0 atom stereocenters. The Morgan fingerprint density at radius 1 is 1.50 bits per heavy atom. The lowest BCUT2D eigenvalue weighted by atomic mass is 10.2. The van der Waals surface area contributed by atoms with Crippen LogP contribution in [-0.2, 0) is 0 Å². The minimum Gasteiger partial charge on any atom is -0.298 e. The van der Waals surface area contributed by atoms with E-state index in [4.69, 9.17) is 5.26 Å². The number of nitriles is 1. The molecule has 0 N–H and O–H groups in total. The van der Waals surface area contributed by atoms with Gasteiger partial charge in [-0.2, -0.15) is 10.4 Å². The predicted molar refractivity (Wildman–Crippen MR) is 61.4 cm³/mol. The van der Waals surface area contributed by atoms with Crippen molar-refractivity contribution < 1.29 is 4.79 Å². The maximum absolute atomic E-state index is 10.6. The van der Waals surface area contributed by atoms with Gasteiger partial charge in [-0.3, -0.25) is 4.79 Å². The molecule has 16 heavy (non-hydrogen) atoms. The fourth-order valence-electron chi connectivity index (χ4n) is 1.29. The van der Waals surface area contributed by atoms with Crippen molar-refractivity contribution in [2.75, 3.05) is 0 Å². The summed E-state index contributed by atoms with van der Waals surface area (Å²) in [4.78, 5) is 10.6. The van der Waals surface area contributed by atoms with Crippen LogP contribution in [0.4, 0.5) is 0 Å². The molecule has 1 aromatic heterocycles. The van der Waals surface area contributed by atoms with E-state index in [0.29, 0.717) is 11.1 Å². The Labute approximate surface area is 100 Å². The van der Waals surface area contributed by atoms with E-state index in [1.54, 1.807) is 29.1 Å². The molecule has 5 heteroatoms. The standard InChI is InChI=1S/C11H6BrN3O/c12-10-3-8(7-16)1-2-11(10)15-6-9(4-13)5-14-15/h1-3,5-7H. The lowest BCUT2D eigenvalue weighted by molar-refractivity contribution is 0.112. The fraction of sp³-hybridized carbons (Fsp3) is 0. The zero-order valence-corrected chi connectivity index (χ0v) is 9.68. The van der Waals surface area contributed by atoms with Crippen LogP contribution in [0.2, 0.25) is 0 Å². The molecule has 0 bridgehead atoms. The van der Waals surface area contributed by atoms with Crippen LogP contribution in [-0.4, -0.2) is 16.1 Å². The number of carbonyl (C=O) groups excluding carboxylic acids is 1. The maximum atomic E-state index is 10.6.